The minimum Gasteiger partial charge on any atom is -0.496 e. The highest BCUT2D eigenvalue weighted by Gasteiger charge is 2.13. The van der Waals surface area contributed by atoms with E-state index in [1.165, 1.54) is 0 Å². The molecule has 1 N–H and O–H groups in total. The standard InChI is InChI=1S/C15H12N2O3/c1-20-13-7-3-2-5-10(13)11-9-17-12(15(18)19)6-4-8-14(17)16-11/h2-9H,1H3,(H,18,19). The smallest absolute Gasteiger partial charge is 0.352 e. The second-order valence-corrected chi connectivity index (χ2v) is 4.27. The molecule has 0 bridgehead atoms. The second kappa shape index (κ2) is 4.70. The van der Waals surface area contributed by atoms with Gasteiger partial charge in [-0.2, -0.15) is 0 Å². The molecule has 0 aliphatic heterocycles. The molecule has 0 aliphatic rings. The molecule has 0 unspecified atom stereocenters. The van der Waals surface area contributed by atoms with Gasteiger partial charge in [0, 0.05) is 11.8 Å². The number of nitrogens with zero attached hydrogens (tertiary/aromatic N) is 2. The van der Waals surface area contributed by atoms with E-state index in [1.54, 1.807) is 35.9 Å². The lowest BCUT2D eigenvalue weighted by Gasteiger charge is -2.04. The average Bonchev–Trinajstić information content (AvgIpc) is 2.90. The summed E-state index contributed by atoms with van der Waals surface area (Å²) in [5.41, 5.74) is 2.27. The Morgan fingerprint density at radius 2 is 2.00 bits per heavy atom. The van der Waals surface area contributed by atoms with Gasteiger partial charge < -0.3 is 9.84 Å². The Labute approximate surface area is 115 Å². The maximum absolute atomic E-state index is 11.2. The van der Waals surface area contributed by atoms with Crippen molar-refractivity contribution in [3.05, 3.63) is 54.4 Å². The fourth-order valence-electron chi connectivity index (χ4n) is 2.17. The molecule has 100 valence electrons. The first-order valence-electron chi connectivity index (χ1n) is 6.05. The number of methoxy groups -OCH3 is 1. The van der Waals surface area contributed by atoms with Crippen LogP contribution in [0, 0.1) is 0 Å². The van der Waals surface area contributed by atoms with E-state index in [2.05, 4.69) is 4.98 Å². The Kier molecular flexibility index (Phi) is 2.87. The van der Waals surface area contributed by atoms with Gasteiger partial charge >= 0.3 is 5.97 Å². The molecule has 1 aromatic carbocycles. The lowest BCUT2D eigenvalue weighted by Crippen LogP contribution is -2.03. The predicted octanol–water partition coefficient (Wildman–Crippen LogP) is 2.71. The van der Waals surface area contributed by atoms with Gasteiger partial charge in [0.1, 0.15) is 17.1 Å². The van der Waals surface area contributed by atoms with Crippen LogP contribution in [0.1, 0.15) is 10.5 Å². The van der Waals surface area contributed by atoms with Gasteiger partial charge in [0.2, 0.25) is 0 Å². The van der Waals surface area contributed by atoms with E-state index < -0.39 is 5.97 Å². The van der Waals surface area contributed by atoms with E-state index in [9.17, 15) is 9.90 Å². The highest BCUT2D eigenvalue weighted by atomic mass is 16.5. The van der Waals surface area contributed by atoms with E-state index in [-0.39, 0.29) is 5.69 Å². The summed E-state index contributed by atoms with van der Waals surface area (Å²) in [6, 6.07) is 12.5. The van der Waals surface area contributed by atoms with Crippen molar-refractivity contribution in [2.75, 3.05) is 7.11 Å². The molecular formula is C15H12N2O3. The van der Waals surface area contributed by atoms with Crippen LogP contribution in [0.25, 0.3) is 16.9 Å². The molecule has 0 fully saturated rings. The van der Waals surface area contributed by atoms with Crippen molar-refractivity contribution in [2.45, 2.75) is 0 Å². The molecule has 0 spiro atoms. The molecule has 20 heavy (non-hydrogen) atoms. The van der Waals surface area contributed by atoms with Crippen molar-refractivity contribution in [3.63, 3.8) is 0 Å². The normalized spacial score (nSPS) is 10.7. The zero-order chi connectivity index (χ0) is 14.1. The van der Waals surface area contributed by atoms with Gasteiger partial charge in [0.05, 0.1) is 12.8 Å². The van der Waals surface area contributed by atoms with E-state index in [4.69, 9.17) is 4.74 Å². The Morgan fingerprint density at radius 1 is 1.20 bits per heavy atom. The fourth-order valence-corrected chi connectivity index (χ4v) is 2.17. The molecule has 2 heterocycles. The Morgan fingerprint density at radius 3 is 2.75 bits per heavy atom. The number of carbonyl (C=O) groups is 1. The summed E-state index contributed by atoms with van der Waals surface area (Å²) in [5, 5.41) is 9.19. The van der Waals surface area contributed by atoms with E-state index >= 15 is 0 Å². The number of benzene rings is 1. The zero-order valence-corrected chi connectivity index (χ0v) is 10.8. The number of fused-ring (bicyclic) bond motifs is 1. The molecule has 0 saturated carbocycles. The quantitative estimate of drug-likeness (QED) is 0.793. The number of aromatic nitrogens is 2. The number of hydrogen-bond acceptors (Lipinski definition) is 3. The summed E-state index contributed by atoms with van der Waals surface area (Å²) in [4.78, 5) is 15.7. The number of pyridine rings is 1. The summed E-state index contributed by atoms with van der Waals surface area (Å²) in [6.45, 7) is 0. The first kappa shape index (κ1) is 12.2. The minimum absolute atomic E-state index is 0.177. The van der Waals surface area contributed by atoms with E-state index in [1.807, 2.05) is 24.3 Å². The fraction of sp³-hybridized carbons (Fsp3) is 0.0667. The van der Waals surface area contributed by atoms with Crippen LogP contribution < -0.4 is 4.74 Å². The van der Waals surface area contributed by atoms with Crippen LogP contribution in [0.5, 0.6) is 5.75 Å². The Hall–Kier alpha value is -2.82. The number of hydrogen-bond donors (Lipinski definition) is 1. The minimum atomic E-state index is -0.987. The van der Waals surface area contributed by atoms with Crippen LogP contribution in [-0.4, -0.2) is 27.6 Å². The number of para-hydroxylation sites is 1. The number of carboxylic acids is 1. The van der Waals surface area contributed by atoms with Gasteiger partial charge in [0.25, 0.3) is 0 Å². The summed E-state index contributed by atoms with van der Waals surface area (Å²) in [7, 11) is 1.59. The summed E-state index contributed by atoms with van der Waals surface area (Å²) >= 11 is 0. The number of aromatic carboxylic acids is 1. The molecule has 2 aromatic heterocycles. The van der Waals surface area contributed by atoms with Crippen LogP contribution in [-0.2, 0) is 0 Å². The lowest BCUT2D eigenvalue weighted by atomic mass is 10.1. The predicted molar refractivity (Wildman–Crippen MR) is 74.1 cm³/mol. The summed E-state index contributed by atoms with van der Waals surface area (Å²) < 4.78 is 6.87. The zero-order valence-electron chi connectivity index (χ0n) is 10.8. The van der Waals surface area contributed by atoms with Gasteiger partial charge in [-0.25, -0.2) is 9.78 Å². The molecule has 3 rings (SSSR count). The lowest BCUT2D eigenvalue weighted by molar-refractivity contribution is 0.0689. The van der Waals surface area contributed by atoms with Crippen molar-refractivity contribution in [2.24, 2.45) is 0 Å². The van der Waals surface area contributed by atoms with Crippen molar-refractivity contribution in [3.8, 4) is 17.0 Å². The molecule has 5 heteroatoms. The number of carboxylic acid groups (broad SMARTS) is 1. The molecule has 0 radical (unpaired) electrons. The van der Waals surface area contributed by atoms with Crippen molar-refractivity contribution in [1.29, 1.82) is 0 Å². The number of imidazole rings is 1. The van der Waals surface area contributed by atoms with Crippen molar-refractivity contribution in [1.82, 2.24) is 9.38 Å². The largest absolute Gasteiger partial charge is 0.496 e. The van der Waals surface area contributed by atoms with Crippen LogP contribution in [0.2, 0.25) is 0 Å². The Balaban J connectivity index is 2.23. The first-order valence-corrected chi connectivity index (χ1v) is 6.05. The first-order chi connectivity index (χ1) is 9.70. The van der Waals surface area contributed by atoms with Gasteiger partial charge in [-0.3, -0.25) is 4.40 Å². The number of ether oxygens (including phenoxy) is 1. The highest BCUT2D eigenvalue weighted by molar-refractivity contribution is 5.87. The topological polar surface area (TPSA) is 63.8 Å². The molecule has 0 saturated heterocycles. The van der Waals surface area contributed by atoms with Gasteiger partial charge in [-0.1, -0.05) is 18.2 Å². The van der Waals surface area contributed by atoms with Crippen LogP contribution in [0.3, 0.4) is 0 Å². The third-order valence-corrected chi connectivity index (χ3v) is 3.09. The van der Waals surface area contributed by atoms with Gasteiger partial charge in [0.15, 0.2) is 0 Å². The summed E-state index contributed by atoms with van der Waals surface area (Å²) in [5.74, 6) is -0.285. The van der Waals surface area contributed by atoms with Crippen LogP contribution in [0.4, 0.5) is 0 Å². The number of rotatable bonds is 3. The van der Waals surface area contributed by atoms with Crippen LogP contribution in [0.15, 0.2) is 48.7 Å². The molecule has 0 aliphatic carbocycles. The SMILES string of the molecule is COc1ccccc1-c1cn2c(C(=O)O)cccc2n1. The van der Waals surface area contributed by atoms with Gasteiger partial charge in [-0.05, 0) is 24.3 Å². The van der Waals surface area contributed by atoms with Crippen molar-refractivity contribution >= 4 is 11.6 Å². The maximum atomic E-state index is 11.2. The maximum Gasteiger partial charge on any atom is 0.352 e. The third kappa shape index (κ3) is 1.89. The molecular weight excluding hydrogens is 256 g/mol. The molecule has 0 atom stereocenters. The third-order valence-electron chi connectivity index (χ3n) is 3.09. The monoisotopic (exact) mass is 268 g/mol. The molecule has 3 aromatic rings. The van der Waals surface area contributed by atoms with Crippen LogP contribution >= 0.6 is 0 Å². The van der Waals surface area contributed by atoms with E-state index in [0.29, 0.717) is 17.1 Å². The Bertz CT molecular complexity index is 793. The van der Waals surface area contributed by atoms with Gasteiger partial charge in [-0.15, -0.1) is 0 Å². The molecule has 5 nitrogen and oxygen atoms in total. The molecule has 0 amide bonds. The highest BCUT2D eigenvalue weighted by Crippen LogP contribution is 2.29. The average molecular weight is 268 g/mol. The summed E-state index contributed by atoms with van der Waals surface area (Å²) in [6.07, 6.45) is 1.70. The van der Waals surface area contributed by atoms with E-state index in [0.717, 1.165) is 5.56 Å². The van der Waals surface area contributed by atoms with Crippen molar-refractivity contribution < 1.29 is 14.6 Å². The second-order valence-electron chi connectivity index (χ2n) is 4.27.